The van der Waals surface area contributed by atoms with Crippen LogP contribution in [0.5, 0.6) is 11.6 Å². The second-order valence-electron chi connectivity index (χ2n) is 7.16. The van der Waals surface area contributed by atoms with E-state index in [0.717, 1.165) is 36.3 Å². The monoisotopic (exact) mass is 404 g/mol. The van der Waals surface area contributed by atoms with Crippen molar-refractivity contribution >= 4 is 5.97 Å². The minimum atomic E-state index is -0.475. The van der Waals surface area contributed by atoms with E-state index in [1.807, 2.05) is 12.1 Å². The molecule has 1 aromatic heterocycles. The van der Waals surface area contributed by atoms with E-state index >= 15 is 0 Å². The summed E-state index contributed by atoms with van der Waals surface area (Å²) in [5.74, 6) is 0.439. The van der Waals surface area contributed by atoms with Crippen molar-refractivity contribution in [1.29, 1.82) is 0 Å². The lowest BCUT2D eigenvalue weighted by Gasteiger charge is -2.07. The Bertz CT molecular complexity index is 920. The van der Waals surface area contributed by atoms with Crippen LogP contribution < -0.4 is 9.47 Å². The van der Waals surface area contributed by atoms with Crippen molar-refractivity contribution < 1.29 is 14.3 Å². The van der Waals surface area contributed by atoms with E-state index in [1.165, 1.54) is 24.6 Å². The standard InChI is InChI=1S/C25H28N2O3/c1-3-5-7-19-8-10-20(11-9-19)23-17-27-24(18-26-23)30-25(28)21-12-14-22(15-13-21)29-16-6-4-2/h8-15,17-18H,3-7,16H2,1-2H3. The van der Waals surface area contributed by atoms with E-state index in [0.29, 0.717) is 12.2 Å². The number of esters is 1. The van der Waals surface area contributed by atoms with Gasteiger partial charge in [-0.15, -0.1) is 0 Å². The van der Waals surface area contributed by atoms with Crippen molar-refractivity contribution in [3.8, 4) is 22.9 Å². The van der Waals surface area contributed by atoms with Gasteiger partial charge in [-0.3, -0.25) is 0 Å². The molecule has 0 fully saturated rings. The third-order valence-corrected chi connectivity index (χ3v) is 4.75. The highest BCUT2D eigenvalue weighted by atomic mass is 16.5. The Hall–Kier alpha value is -3.21. The van der Waals surface area contributed by atoms with Crippen molar-refractivity contribution in [1.82, 2.24) is 9.97 Å². The Morgan fingerprint density at radius 2 is 1.60 bits per heavy atom. The third kappa shape index (κ3) is 6.14. The summed E-state index contributed by atoms with van der Waals surface area (Å²) in [5, 5.41) is 0. The van der Waals surface area contributed by atoms with E-state index in [1.54, 1.807) is 30.5 Å². The molecule has 0 aliphatic rings. The molecule has 5 heteroatoms. The van der Waals surface area contributed by atoms with Gasteiger partial charge < -0.3 is 9.47 Å². The van der Waals surface area contributed by atoms with Gasteiger partial charge in [0, 0.05) is 5.56 Å². The first kappa shape index (κ1) is 21.5. The number of carbonyl (C=O) groups is 1. The van der Waals surface area contributed by atoms with Gasteiger partial charge in [0.1, 0.15) is 5.75 Å². The summed E-state index contributed by atoms with van der Waals surface area (Å²) in [6, 6.07) is 15.2. The van der Waals surface area contributed by atoms with Gasteiger partial charge in [-0.2, -0.15) is 0 Å². The van der Waals surface area contributed by atoms with Crippen molar-refractivity contribution in [3.63, 3.8) is 0 Å². The number of rotatable bonds is 10. The predicted octanol–water partition coefficient (Wildman–Crippen LogP) is 5.88. The maximum atomic E-state index is 12.3. The van der Waals surface area contributed by atoms with Crippen molar-refractivity contribution in [2.24, 2.45) is 0 Å². The highest BCUT2D eigenvalue weighted by Crippen LogP contribution is 2.20. The molecule has 3 aromatic rings. The molecule has 30 heavy (non-hydrogen) atoms. The van der Waals surface area contributed by atoms with Crippen LogP contribution in [-0.2, 0) is 6.42 Å². The molecule has 0 aliphatic heterocycles. The maximum Gasteiger partial charge on any atom is 0.344 e. The molecule has 1 heterocycles. The van der Waals surface area contributed by atoms with E-state index < -0.39 is 5.97 Å². The number of ether oxygens (including phenoxy) is 2. The zero-order valence-electron chi connectivity index (χ0n) is 17.6. The smallest absolute Gasteiger partial charge is 0.344 e. The zero-order valence-corrected chi connectivity index (χ0v) is 17.6. The number of benzene rings is 2. The largest absolute Gasteiger partial charge is 0.494 e. The van der Waals surface area contributed by atoms with Crippen LogP contribution in [0.2, 0.25) is 0 Å². The number of aryl methyl sites for hydroxylation is 1. The quantitative estimate of drug-likeness (QED) is 0.312. The van der Waals surface area contributed by atoms with E-state index in [4.69, 9.17) is 9.47 Å². The molecule has 0 bridgehead atoms. The number of hydrogen-bond donors (Lipinski definition) is 0. The average Bonchev–Trinajstić information content (AvgIpc) is 2.79. The molecule has 5 nitrogen and oxygen atoms in total. The second-order valence-corrected chi connectivity index (χ2v) is 7.16. The minimum absolute atomic E-state index is 0.173. The molecule has 3 rings (SSSR count). The van der Waals surface area contributed by atoms with Gasteiger partial charge in [-0.05, 0) is 49.1 Å². The fourth-order valence-corrected chi connectivity index (χ4v) is 2.92. The van der Waals surface area contributed by atoms with Gasteiger partial charge in [0.05, 0.1) is 30.3 Å². The van der Waals surface area contributed by atoms with Gasteiger partial charge in [-0.25, -0.2) is 14.8 Å². The number of unbranched alkanes of at least 4 members (excludes halogenated alkanes) is 2. The predicted molar refractivity (Wildman–Crippen MR) is 118 cm³/mol. The number of hydrogen-bond acceptors (Lipinski definition) is 5. The van der Waals surface area contributed by atoms with Crippen LogP contribution >= 0.6 is 0 Å². The van der Waals surface area contributed by atoms with Crippen LogP contribution in [-0.4, -0.2) is 22.5 Å². The average molecular weight is 405 g/mol. The number of carbonyl (C=O) groups excluding carboxylic acids is 1. The molecule has 0 spiro atoms. The van der Waals surface area contributed by atoms with E-state index in [2.05, 4.69) is 35.9 Å². The summed E-state index contributed by atoms with van der Waals surface area (Å²) in [7, 11) is 0. The first-order valence-corrected chi connectivity index (χ1v) is 10.6. The molecule has 0 atom stereocenters. The Balaban J connectivity index is 1.57. The van der Waals surface area contributed by atoms with E-state index in [-0.39, 0.29) is 5.88 Å². The molecule has 0 saturated carbocycles. The summed E-state index contributed by atoms with van der Waals surface area (Å²) in [4.78, 5) is 20.9. The van der Waals surface area contributed by atoms with Gasteiger partial charge in [-0.1, -0.05) is 51.0 Å². The van der Waals surface area contributed by atoms with Crippen LogP contribution in [0.4, 0.5) is 0 Å². The second kappa shape index (κ2) is 11.1. The SMILES string of the molecule is CCCCOc1ccc(C(=O)Oc2cnc(-c3ccc(CCCC)cc3)cn2)cc1. The van der Waals surface area contributed by atoms with Crippen LogP contribution in [0, 0.1) is 0 Å². The number of aromatic nitrogens is 2. The lowest BCUT2D eigenvalue weighted by Crippen LogP contribution is -2.09. The van der Waals surface area contributed by atoms with Crippen molar-refractivity contribution in [2.45, 2.75) is 46.0 Å². The molecule has 0 radical (unpaired) electrons. The Morgan fingerprint density at radius 3 is 2.23 bits per heavy atom. The maximum absolute atomic E-state index is 12.3. The van der Waals surface area contributed by atoms with Gasteiger partial charge in [0.2, 0.25) is 5.88 Å². The zero-order chi connectivity index (χ0) is 21.2. The molecule has 0 amide bonds. The molecule has 156 valence electrons. The lowest BCUT2D eigenvalue weighted by atomic mass is 10.1. The summed E-state index contributed by atoms with van der Waals surface area (Å²) in [6.07, 6.45) is 8.63. The third-order valence-electron chi connectivity index (χ3n) is 4.75. The topological polar surface area (TPSA) is 61.3 Å². The molecular formula is C25H28N2O3. The van der Waals surface area contributed by atoms with E-state index in [9.17, 15) is 4.79 Å². The highest BCUT2D eigenvalue weighted by Gasteiger charge is 2.11. The normalized spacial score (nSPS) is 10.6. The first-order valence-electron chi connectivity index (χ1n) is 10.6. The summed E-state index contributed by atoms with van der Waals surface area (Å²) >= 11 is 0. The molecule has 0 aliphatic carbocycles. The van der Waals surface area contributed by atoms with Gasteiger partial charge in [0.25, 0.3) is 0 Å². The highest BCUT2D eigenvalue weighted by molar-refractivity contribution is 5.90. The summed E-state index contributed by atoms with van der Waals surface area (Å²) in [6.45, 7) is 4.97. The molecule has 0 unspecified atom stereocenters. The van der Waals surface area contributed by atoms with Crippen molar-refractivity contribution in [3.05, 3.63) is 72.1 Å². The van der Waals surface area contributed by atoms with Gasteiger partial charge >= 0.3 is 5.97 Å². The Labute approximate surface area is 178 Å². The Morgan fingerprint density at radius 1 is 0.867 bits per heavy atom. The van der Waals surface area contributed by atoms with Crippen LogP contribution in [0.15, 0.2) is 60.9 Å². The van der Waals surface area contributed by atoms with Crippen molar-refractivity contribution in [2.75, 3.05) is 6.61 Å². The fraction of sp³-hybridized carbons (Fsp3) is 0.320. The molecule has 0 N–H and O–H groups in total. The van der Waals surface area contributed by atoms with Crippen LogP contribution in [0.3, 0.4) is 0 Å². The Kier molecular flexibility index (Phi) is 7.95. The first-order chi connectivity index (χ1) is 14.7. The molecule has 0 saturated heterocycles. The van der Waals surface area contributed by atoms with Crippen LogP contribution in [0.25, 0.3) is 11.3 Å². The summed E-state index contributed by atoms with van der Waals surface area (Å²) < 4.78 is 10.9. The summed E-state index contributed by atoms with van der Waals surface area (Å²) in [5.41, 5.74) is 3.48. The minimum Gasteiger partial charge on any atom is -0.494 e. The molecular weight excluding hydrogens is 376 g/mol. The van der Waals surface area contributed by atoms with Crippen LogP contribution in [0.1, 0.15) is 55.5 Å². The number of nitrogens with zero attached hydrogens (tertiary/aromatic N) is 2. The lowest BCUT2D eigenvalue weighted by molar-refractivity contribution is 0.0727. The molecule has 2 aromatic carbocycles. The fourth-order valence-electron chi connectivity index (χ4n) is 2.92. The van der Waals surface area contributed by atoms with Gasteiger partial charge in [0.15, 0.2) is 0 Å².